The van der Waals surface area contributed by atoms with Crippen LogP contribution in [-0.4, -0.2) is 6.16 Å². The summed E-state index contributed by atoms with van der Waals surface area (Å²) >= 11 is 0. The van der Waals surface area contributed by atoms with Crippen LogP contribution in [0.15, 0.2) is 60.7 Å². The molecule has 0 radical (unpaired) electrons. The van der Waals surface area contributed by atoms with Crippen molar-refractivity contribution in [2.75, 3.05) is 6.16 Å². The van der Waals surface area contributed by atoms with E-state index in [1.54, 1.807) is 11.1 Å². The lowest BCUT2D eigenvalue weighted by atomic mass is 9.95. The van der Waals surface area contributed by atoms with E-state index in [0.717, 1.165) is 12.3 Å². The lowest BCUT2D eigenvalue weighted by Crippen LogP contribution is -1.94. The second kappa shape index (κ2) is 8.53. The van der Waals surface area contributed by atoms with E-state index in [4.69, 9.17) is 0 Å². The third-order valence-electron chi connectivity index (χ3n) is 5.71. The van der Waals surface area contributed by atoms with Gasteiger partial charge < -0.3 is 0 Å². The second-order valence-electron chi connectivity index (χ2n) is 7.41. The molecule has 0 aliphatic heterocycles. The first-order chi connectivity index (χ1) is 13.2. The Morgan fingerprint density at radius 3 is 1.85 bits per heavy atom. The molecule has 4 unspecified atom stereocenters. The Hall–Kier alpha value is -1.05. The van der Waals surface area contributed by atoms with Gasteiger partial charge in [-0.15, -0.1) is 27.7 Å². The first kappa shape index (κ1) is 19.3. The topological polar surface area (TPSA) is 0 Å². The van der Waals surface area contributed by atoms with Crippen molar-refractivity contribution in [3.05, 3.63) is 82.9 Å². The molecule has 4 rings (SSSR count). The van der Waals surface area contributed by atoms with Crippen LogP contribution in [0, 0.1) is 0 Å². The van der Waals surface area contributed by atoms with Crippen molar-refractivity contribution in [2.45, 2.75) is 31.1 Å². The summed E-state index contributed by atoms with van der Waals surface area (Å²) in [5, 5.41) is 0. The van der Waals surface area contributed by atoms with Crippen LogP contribution in [-0.2, 0) is 18.7 Å². The lowest BCUT2D eigenvalue weighted by Gasteiger charge is -2.12. The van der Waals surface area contributed by atoms with Crippen LogP contribution < -0.4 is 0 Å². The van der Waals surface area contributed by atoms with Crippen LogP contribution in [0.25, 0.3) is 22.3 Å². The van der Waals surface area contributed by atoms with Gasteiger partial charge in [0.05, 0.1) is 0 Å². The van der Waals surface area contributed by atoms with E-state index in [1.165, 1.54) is 52.4 Å². The molecule has 0 nitrogen and oxygen atoms in total. The molecule has 0 saturated carbocycles. The van der Waals surface area contributed by atoms with Gasteiger partial charge in [0, 0.05) is 0 Å². The van der Waals surface area contributed by atoms with Crippen LogP contribution in [0.3, 0.4) is 0 Å². The van der Waals surface area contributed by atoms with Gasteiger partial charge in [0.1, 0.15) is 0 Å². The minimum absolute atomic E-state index is 0.712. The Balaban J connectivity index is 1.66. The molecule has 3 aromatic rings. The van der Waals surface area contributed by atoms with Crippen molar-refractivity contribution < 1.29 is 0 Å². The molecule has 0 saturated heterocycles. The zero-order chi connectivity index (χ0) is 18.8. The van der Waals surface area contributed by atoms with Crippen molar-refractivity contribution in [3.63, 3.8) is 0 Å². The number of hydrogen-bond acceptors (Lipinski definition) is 0. The number of benzene rings is 3. The standard InChI is InChI=1S/C24H27P3/c25-13-16-9-17(14-26)11-23(10-16)19-3-1-18(2-4-19)21-7-5-20-6-8-22(15-27)24(20)12-21/h1-5,7,9-12,22H,6,8,13-15,25-27H2. The fourth-order valence-electron chi connectivity index (χ4n) is 4.13. The van der Waals surface area contributed by atoms with Crippen molar-refractivity contribution in [1.29, 1.82) is 0 Å². The highest BCUT2D eigenvalue weighted by Crippen LogP contribution is 2.37. The van der Waals surface area contributed by atoms with Gasteiger partial charge in [-0.2, -0.15) is 0 Å². The Morgan fingerprint density at radius 1 is 0.667 bits per heavy atom. The molecule has 138 valence electrons. The zero-order valence-corrected chi connectivity index (χ0v) is 19.1. The van der Waals surface area contributed by atoms with E-state index in [1.807, 2.05) is 0 Å². The third kappa shape index (κ3) is 4.05. The first-order valence-electron chi connectivity index (χ1n) is 9.68. The van der Waals surface area contributed by atoms with E-state index in [2.05, 4.69) is 88.4 Å². The highest BCUT2D eigenvalue weighted by atomic mass is 31.0. The van der Waals surface area contributed by atoms with Gasteiger partial charge in [-0.25, -0.2) is 0 Å². The fraction of sp³-hybridized carbons (Fsp3) is 0.250. The first-order valence-corrected chi connectivity index (χ1v) is 12.1. The number of fused-ring (bicyclic) bond motifs is 1. The molecule has 0 N–H and O–H groups in total. The van der Waals surface area contributed by atoms with Gasteiger partial charge in [-0.1, -0.05) is 60.7 Å². The van der Waals surface area contributed by atoms with Crippen molar-refractivity contribution in [2.24, 2.45) is 0 Å². The van der Waals surface area contributed by atoms with E-state index >= 15 is 0 Å². The summed E-state index contributed by atoms with van der Waals surface area (Å²) in [5.74, 6) is 0.712. The molecule has 0 aromatic heterocycles. The quantitative estimate of drug-likeness (QED) is 0.413. The molecule has 0 bridgehead atoms. The summed E-state index contributed by atoms with van der Waals surface area (Å²) in [5.41, 5.74) is 11.1. The van der Waals surface area contributed by atoms with Gasteiger partial charge in [-0.05, 0) is 81.8 Å². The molecule has 0 fully saturated rings. The largest absolute Gasteiger partial charge is 0.137 e. The molecule has 1 aliphatic rings. The molecule has 0 heterocycles. The highest BCUT2D eigenvalue weighted by molar-refractivity contribution is 7.16. The fourth-order valence-corrected chi connectivity index (χ4v) is 5.09. The van der Waals surface area contributed by atoms with Crippen LogP contribution >= 0.6 is 27.7 Å². The SMILES string of the molecule is PCc1cc(CP)cc(-c2ccc(-c3ccc4c(c3)C(CP)CC4)cc2)c1. The van der Waals surface area contributed by atoms with Gasteiger partial charge in [0.25, 0.3) is 0 Å². The van der Waals surface area contributed by atoms with Crippen LogP contribution in [0.2, 0.25) is 0 Å². The smallest absolute Gasteiger partial charge is 0.0121 e. The minimum atomic E-state index is 0.712. The maximum Gasteiger partial charge on any atom is -0.0121 e. The number of rotatable bonds is 5. The molecule has 0 amide bonds. The predicted molar refractivity (Wildman–Crippen MR) is 130 cm³/mol. The summed E-state index contributed by atoms with van der Waals surface area (Å²) in [4.78, 5) is 0. The van der Waals surface area contributed by atoms with Crippen molar-refractivity contribution in [3.8, 4) is 22.3 Å². The molecule has 3 heteroatoms. The summed E-state index contributed by atoms with van der Waals surface area (Å²) in [6, 6.07) is 23.1. The molecule has 1 aliphatic carbocycles. The van der Waals surface area contributed by atoms with Gasteiger partial charge in [0.2, 0.25) is 0 Å². The lowest BCUT2D eigenvalue weighted by molar-refractivity contribution is 0.757. The van der Waals surface area contributed by atoms with E-state index in [9.17, 15) is 0 Å². The number of aryl methyl sites for hydroxylation is 1. The maximum atomic E-state index is 2.92. The maximum absolute atomic E-state index is 2.92. The zero-order valence-electron chi connectivity index (χ0n) is 15.6. The Bertz CT molecular complexity index is 922. The average molecular weight is 408 g/mol. The van der Waals surface area contributed by atoms with E-state index in [-0.39, 0.29) is 0 Å². The highest BCUT2D eigenvalue weighted by Gasteiger charge is 2.21. The third-order valence-corrected chi connectivity index (χ3v) is 7.22. The van der Waals surface area contributed by atoms with E-state index in [0.29, 0.717) is 5.92 Å². The van der Waals surface area contributed by atoms with Crippen molar-refractivity contribution >= 4 is 27.7 Å². The van der Waals surface area contributed by atoms with Gasteiger partial charge >= 0.3 is 0 Å². The van der Waals surface area contributed by atoms with Gasteiger partial charge in [-0.3, -0.25) is 0 Å². The molecule has 27 heavy (non-hydrogen) atoms. The Morgan fingerprint density at radius 2 is 1.26 bits per heavy atom. The molecular formula is C24H27P3. The van der Waals surface area contributed by atoms with Crippen LogP contribution in [0.4, 0.5) is 0 Å². The minimum Gasteiger partial charge on any atom is -0.137 e. The number of hydrogen-bond donors (Lipinski definition) is 0. The average Bonchev–Trinajstić information content (AvgIpc) is 3.15. The Labute approximate surface area is 170 Å². The monoisotopic (exact) mass is 408 g/mol. The molecular weight excluding hydrogens is 381 g/mol. The molecule has 3 aromatic carbocycles. The van der Waals surface area contributed by atoms with Gasteiger partial charge in [0.15, 0.2) is 0 Å². The molecule has 0 spiro atoms. The second-order valence-corrected chi connectivity index (χ2v) is 8.70. The van der Waals surface area contributed by atoms with Crippen LogP contribution in [0.5, 0.6) is 0 Å². The predicted octanol–water partition coefficient (Wildman–Crippen LogP) is 6.68. The normalized spacial score (nSPS) is 15.7. The summed E-state index contributed by atoms with van der Waals surface area (Å²) in [6.07, 6.45) is 5.69. The summed E-state index contributed by atoms with van der Waals surface area (Å²) in [7, 11) is 8.59. The van der Waals surface area contributed by atoms with E-state index < -0.39 is 0 Å². The molecule has 4 atom stereocenters. The Kier molecular flexibility index (Phi) is 6.09. The summed E-state index contributed by atoms with van der Waals surface area (Å²) < 4.78 is 0. The van der Waals surface area contributed by atoms with Crippen molar-refractivity contribution in [1.82, 2.24) is 0 Å². The van der Waals surface area contributed by atoms with Crippen LogP contribution in [0.1, 0.15) is 34.6 Å². The summed E-state index contributed by atoms with van der Waals surface area (Å²) in [6.45, 7) is 0.